The van der Waals surface area contributed by atoms with E-state index in [0.29, 0.717) is 6.54 Å². The maximum atomic E-state index is 8.59. The predicted octanol–water partition coefficient (Wildman–Crippen LogP) is 2.39. The number of hydrazone groups is 1. The maximum absolute atomic E-state index is 8.59. The van der Waals surface area contributed by atoms with Crippen LogP contribution in [0.5, 0.6) is 11.5 Å². The first-order valence-corrected chi connectivity index (χ1v) is 6.08. The smallest absolute Gasteiger partial charge is 0.127 e. The Labute approximate surface area is 112 Å². The molecule has 0 fully saturated rings. The monoisotopic (exact) mass is 256 g/mol. The minimum atomic E-state index is 0.0706. The molecule has 0 heterocycles. The average molecular weight is 256 g/mol. The quantitative estimate of drug-likeness (QED) is 0.474. The standard InChI is InChI=1S/C15H16N2O2/c18-11-10-16-17-12-13-6-8-15(9-7-13)19-14-4-2-1-3-5-14/h1-9,12,16,18H,10-11H2. The van der Waals surface area contributed by atoms with Gasteiger partial charge in [0, 0.05) is 0 Å². The molecule has 19 heavy (non-hydrogen) atoms. The van der Waals surface area contributed by atoms with Crippen LogP contribution in [-0.2, 0) is 0 Å². The zero-order valence-corrected chi connectivity index (χ0v) is 10.5. The summed E-state index contributed by atoms with van der Waals surface area (Å²) in [6, 6.07) is 17.3. The lowest BCUT2D eigenvalue weighted by Crippen LogP contribution is -2.11. The summed E-state index contributed by atoms with van der Waals surface area (Å²) in [7, 11) is 0. The Kier molecular flexibility index (Phi) is 4.96. The molecule has 0 atom stereocenters. The van der Waals surface area contributed by atoms with Crippen LogP contribution in [0.1, 0.15) is 5.56 Å². The Balaban J connectivity index is 1.93. The Morgan fingerprint density at radius 3 is 2.37 bits per heavy atom. The van der Waals surface area contributed by atoms with Gasteiger partial charge in [-0.15, -0.1) is 0 Å². The zero-order valence-electron chi connectivity index (χ0n) is 10.5. The molecule has 0 aliphatic carbocycles. The van der Waals surface area contributed by atoms with E-state index in [2.05, 4.69) is 10.5 Å². The summed E-state index contributed by atoms with van der Waals surface area (Å²) in [5.74, 6) is 1.60. The Bertz CT molecular complexity index is 509. The van der Waals surface area contributed by atoms with Gasteiger partial charge in [0.2, 0.25) is 0 Å². The molecule has 0 amide bonds. The van der Waals surface area contributed by atoms with Gasteiger partial charge in [0.15, 0.2) is 0 Å². The number of benzene rings is 2. The molecular weight excluding hydrogens is 240 g/mol. The van der Waals surface area contributed by atoms with Crippen molar-refractivity contribution in [1.82, 2.24) is 5.43 Å². The summed E-state index contributed by atoms with van der Waals surface area (Å²) in [4.78, 5) is 0. The van der Waals surface area contributed by atoms with Crippen molar-refractivity contribution >= 4 is 6.21 Å². The van der Waals surface area contributed by atoms with Crippen molar-refractivity contribution in [2.24, 2.45) is 5.10 Å². The number of aliphatic hydroxyl groups excluding tert-OH is 1. The SMILES string of the molecule is OCCNN=Cc1ccc(Oc2ccccc2)cc1. The van der Waals surface area contributed by atoms with Gasteiger partial charge in [-0.05, 0) is 42.0 Å². The molecule has 0 aliphatic heterocycles. The van der Waals surface area contributed by atoms with Crippen LogP contribution in [0.2, 0.25) is 0 Å². The van der Waals surface area contributed by atoms with Crippen molar-refractivity contribution in [3.05, 3.63) is 60.2 Å². The number of hydrogen-bond donors (Lipinski definition) is 2. The number of para-hydroxylation sites is 1. The van der Waals surface area contributed by atoms with E-state index in [1.54, 1.807) is 6.21 Å². The summed E-state index contributed by atoms with van der Waals surface area (Å²) in [6.07, 6.45) is 1.70. The lowest BCUT2D eigenvalue weighted by Gasteiger charge is -2.05. The lowest BCUT2D eigenvalue weighted by molar-refractivity contribution is 0.294. The first-order valence-electron chi connectivity index (χ1n) is 6.08. The van der Waals surface area contributed by atoms with E-state index in [9.17, 15) is 0 Å². The third kappa shape index (κ3) is 4.44. The first-order chi connectivity index (χ1) is 9.38. The minimum absolute atomic E-state index is 0.0706. The van der Waals surface area contributed by atoms with Gasteiger partial charge in [0.25, 0.3) is 0 Å². The molecule has 2 aromatic rings. The number of rotatable bonds is 6. The Morgan fingerprint density at radius 1 is 1.00 bits per heavy atom. The van der Waals surface area contributed by atoms with E-state index in [0.717, 1.165) is 17.1 Å². The number of nitrogens with zero attached hydrogens (tertiary/aromatic N) is 1. The molecule has 2 aromatic carbocycles. The molecule has 98 valence electrons. The highest BCUT2D eigenvalue weighted by Crippen LogP contribution is 2.20. The number of aliphatic hydroxyl groups is 1. The highest BCUT2D eigenvalue weighted by atomic mass is 16.5. The van der Waals surface area contributed by atoms with E-state index >= 15 is 0 Å². The van der Waals surface area contributed by atoms with Crippen molar-refractivity contribution < 1.29 is 9.84 Å². The fourth-order valence-electron chi connectivity index (χ4n) is 1.48. The van der Waals surface area contributed by atoms with E-state index in [4.69, 9.17) is 9.84 Å². The zero-order chi connectivity index (χ0) is 13.3. The van der Waals surface area contributed by atoms with Crippen molar-refractivity contribution in [1.29, 1.82) is 0 Å². The highest BCUT2D eigenvalue weighted by Gasteiger charge is 1.95. The Hall–Kier alpha value is -2.33. The summed E-state index contributed by atoms with van der Waals surface area (Å²) in [6.45, 7) is 0.521. The molecule has 0 radical (unpaired) electrons. The molecule has 4 nitrogen and oxygen atoms in total. The van der Waals surface area contributed by atoms with E-state index in [1.807, 2.05) is 54.6 Å². The van der Waals surface area contributed by atoms with Crippen LogP contribution in [0.25, 0.3) is 0 Å². The fraction of sp³-hybridized carbons (Fsp3) is 0.133. The highest BCUT2D eigenvalue weighted by molar-refractivity contribution is 5.79. The lowest BCUT2D eigenvalue weighted by atomic mass is 10.2. The van der Waals surface area contributed by atoms with Crippen LogP contribution in [0.15, 0.2) is 59.7 Å². The fourth-order valence-corrected chi connectivity index (χ4v) is 1.48. The van der Waals surface area contributed by atoms with Crippen molar-refractivity contribution in [3.63, 3.8) is 0 Å². The van der Waals surface area contributed by atoms with Gasteiger partial charge in [0.05, 0.1) is 19.4 Å². The van der Waals surface area contributed by atoms with Gasteiger partial charge >= 0.3 is 0 Å². The number of hydrogen-bond acceptors (Lipinski definition) is 4. The van der Waals surface area contributed by atoms with Gasteiger partial charge in [0.1, 0.15) is 11.5 Å². The second kappa shape index (κ2) is 7.18. The first kappa shape index (κ1) is 13.1. The van der Waals surface area contributed by atoms with Crippen LogP contribution in [0.4, 0.5) is 0 Å². The van der Waals surface area contributed by atoms with Gasteiger partial charge < -0.3 is 15.3 Å². The molecule has 0 aliphatic rings. The third-order valence-corrected chi connectivity index (χ3v) is 2.39. The second-order valence-electron chi connectivity index (χ2n) is 3.87. The van der Waals surface area contributed by atoms with Crippen molar-refractivity contribution in [3.8, 4) is 11.5 Å². The van der Waals surface area contributed by atoms with Crippen molar-refractivity contribution in [2.75, 3.05) is 13.2 Å². The molecular formula is C15H16N2O2. The number of ether oxygens (including phenoxy) is 1. The van der Waals surface area contributed by atoms with E-state index < -0.39 is 0 Å². The predicted molar refractivity (Wildman–Crippen MR) is 75.6 cm³/mol. The van der Waals surface area contributed by atoms with Gasteiger partial charge in [-0.3, -0.25) is 0 Å². The Morgan fingerprint density at radius 2 is 1.68 bits per heavy atom. The summed E-state index contributed by atoms with van der Waals surface area (Å²) in [5, 5.41) is 12.6. The van der Waals surface area contributed by atoms with Crippen LogP contribution in [-0.4, -0.2) is 24.5 Å². The summed E-state index contributed by atoms with van der Waals surface area (Å²) < 4.78 is 5.68. The van der Waals surface area contributed by atoms with Crippen LogP contribution in [0, 0.1) is 0 Å². The third-order valence-electron chi connectivity index (χ3n) is 2.39. The maximum Gasteiger partial charge on any atom is 0.127 e. The van der Waals surface area contributed by atoms with Crippen molar-refractivity contribution in [2.45, 2.75) is 0 Å². The topological polar surface area (TPSA) is 53.8 Å². The molecule has 4 heteroatoms. The van der Waals surface area contributed by atoms with Gasteiger partial charge in [-0.1, -0.05) is 18.2 Å². The van der Waals surface area contributed by atoms with E-state index in [-0.39, 0.29) is 6.61 Å². The molecule has 2 N–H and O–H groups in total. The summed E-state index contributed by atoms with van der Waals surface area (Å²) >= 11 is 0. The van der Waals surface area contributed by atoms with Gasteiger partial charge in [-0.2, -0.15) is 5.10 Å². The molecule has 0 aromatic heterocycles. The molecule has 0 spiro atoms. The molecule has 0 saturated carbocycles. The molecule has 0 saturated heterocycles. The largest absolute Gasteiger partial charge is 0.457 e. The normalized spacial score (nSPS) is 10.6. The number of nitrogens with one attached hydrogen (secondary N) is 1. The minimum Gasteiger partial charge on any atom is -0.457 e. The van der Waals surface area contributed by atoms with Crippen LogP contribution < -0.4 is 10.2 Å². The molecule has 2 rings (SSSR count). The molecule has 0 unspecified atom stereocenters. The summed E-state index contributed by atoms with van der Waals surface area (Å²) in [5.41, 5.74) is 3.69. The average Bonchev–Trinajstić information content (AvgIpc) is 2.46. The molecule has 0 bridgehead atoms. The second-order valence-corrected chi connectivity index (χ2v) is 3.87. The van der Waals surface area contributed by atoms with Gasteiger partial charge in [-0.25, -0.2) is 0 Å². The van der Waals surface area contributed by atoms with E-state index in [1.165, 1.54) is 0 Å². The van der Waals surface area contributed by atoms with Crippen LogP contribution in [0.3, 0.4) is 0 Å². The van der Waals surface area contributed by atoms with Crippen LogP contribution >= 0.6 is 0 Å².